The molecule has 0 heterocycles. The highest BCUT2D eigenvalue weighted by atomic mass is 32.2. The van der Waals surface area contributed by atoms with Crippen LogP contribution in [-0.2, 0) is 14.3 Å². The largest absolute Gasteiger partial charge is 0.394 e. The Morgan fingerprint density at radius 2 is 1.93 bits per heavy atom. The first-order valence-corrected chi connectivity index (χ1v) is 5.74. The molecule has 0 atom stereocenters. The predicted molar refractivity (Wildman–Crippen MR) is 56.8 cm³/mol. The van der Waals surface area contributed by atoms with Gasteiger partial charge in [-0.15, -0.1) is 0 Å². The number of aliphatic hydroxyl groups is 1. The molecule has 82 valence electrons. The van der Waals surface area contributed by atoms with Gasteiger partial charge >= 0.3 is 0 Å². The van der Waals surface area contributed by atoms with E-state index in [4.69, 9.17) is 5.11 Å². The van der Waals surface area contributed by atoms with E-state index in [1.807, 2.05) is 0 Å². The number of benzene rings is 1. The van der Waals surface area contributed by atoms with Gasteiger partial charge < -0.3 is 5.11 Å². The van der Waals surface area contributed by atoms with E-state index in [0.29, 0.717) is 0 Å². The van der Waals surface area contributed by atoms with Gasteiger partial charge in [0.25, 0.3) is 10.1 Å². The fourth-order valence-corrected chi connectivity index (χ4v) is 1.89. The Hall–Kier alpha value is -1.17. The maximum Gasteiger partial charge on any atom is 0.297 e. The minimum Gasteiger partial charge on any atom is -0.394 e. The normalized spacial score (nSPS) is 11.3. The van der Waals surface area contributed by atoms with E-state index >= 15 is 0 Å². The molecule has 0 spiro atoms. The molecule has 1 aromatic carbocycles. The quantitative estimate of drug-likeness (QED) is 0.764. The second-order valence-electron chi connectivity index (χ2n) is 2.77. The van der Waals surface area contributed by atoms with E-state index in [1.165, 1.54) is 12.1 Å². The van der Waals surface area contributed by atoms with Crippen LogP contribution in [0, 0.1) is 0 Å². The fourth-order valence-electron chi connectivity index (χ4n) is 0.986. The smallest absolute Gasteiger partial charge is 0.297 e. The maximum atomic E-state index is 11.4. The summed E-state index contributed by atoms with van der Waals surface area (Å²) in [7, 11) is -3.74. The highest BCUT2D eigenvalue weighted by Crippen LogP contribution is 2.13. The van der Waals surface area contributed by atoms with Gasteiger partial charge in [0.15, 0.2) is 0 Å². The average Bonchev–Trinajstić information content (AvgIpc) is 2.26. The molecule has 4 nitrogen and oxygen atoms in total. The molecule has 0 saturated heterocycles. The second kappa shape index (κ2) is 5.06. The van der Waals surface area contributed by atoms with Gasteiger partial charge in [0.1, 0.15) is 0 Å². The number of hydrogen-bond acceptors (Lipinski definition) is 4. The van der Waals surface area contributed by atoms with Crippen LogP contribution in [0.15, 0.2) is 35.7 Å². The monoisotopic (exact) mass is 228 g/mol. The summed E-state index contributed by atoms with van der Waals surface area (Å²) in [5, 5.41) is 8.46. The molecule has 0 aliphatic carbocycles. The van der Waals surface area contributed by atoms with Crippen molar-refractivity contribution in [1.29, 1.82) is 0 Å². The molecule has 0 fully saturated rings. The molecule has 1 N–H and O–H groups in total. The van der Waals surface area contributed by atoms with Gasteiger partial charge in [-0.2, -0.15) is 8.42 Å². The zero-order valence-corrected chi connectivity index (χ0v) is 8.90. The van der Waals surface area contributed by atoms with E-state index in [2.05, 4.69) is 10.8 Å². The van der Waals surface area contributed by atoms with Crippen molar-refractivity contribution in [2.45, 2.75) is 4.90 Å². The summed E-state index contributed by atoms with van der Waals surface area (Å²) < 4.78 is 27.4. The maximum absolute atomic E-state index is 11.4. The van der Waals surface area contributed by atoms with E-state index in [1.54, 1.807) is 18.2 Å². The summed E-state index contributed by atoms with van der Waals surface area (Å²) in [6.07, 6.45) is 1.62. The number of hydrogen-bond donors (Lipinski definition) is 1. The lowest BCUT2D eigenvalue weighted by Crippen LogP contribution is -2.09. The molecule has 0 bridgehead atoms. The van der Waals surface area contributed by atoms with Crippen LogP contribution in [0.3, 0.4) is 0 Å². The van der Waals surface area contributed by atoms with Crippen LogP contribution in [0.5, 0.6) is 0 Å². The third-order valence-corrected chi connectivity index (χ3v) is 3.06. The first-order valence-electron chi connectivity index (χ1n) is 4.33. The van der Waals surface area contributed by atoms with Crippen molar-refractivity contribution in [1.82, 2.24) is 0 Å². The zero-order chi connectivity index (χ0) is 11.3. The average molecular weight is 228 g/mol. The Kier molecular flexibility index (Phi) is 4.02. The van der Waals surface area contributed by atoms with Crippen LogP contribution < -0.4 is 0 Å². The Morgan fingerprint density at radius 3 is 2.40 bits per heavy atom. The SMILES string of the molecule is C=Cc1ccc(S(=O)(=O)OCCO)cc1. The summed E-state index contributed by atoms with van der Waals surface area (Å²) in [6.45, 7) is 3.00. The Bertz CT molecular complexity index is 419. The van der Waals surface area contributed by atoms with Gasteiger partial charge in [-0.1, -0.05) is 24.8 Å². The van der Waals surface area contributed by atoms with Gasteiger partial charge in [-0.05, 0) is 17.7 Å². The van der Waals surface area contributed by atoms with Crippen molar-refractivity contribution >= 4 is 16.2 Å². The third kappa shape index (κ3) is 3.16. The minimum atomic E-state index is -3.74. The van der Waals surface area contributed by atoms with Crippen LogP contribution in [-0.4, -0.2) is 26.7 Å². The zero-order valence-electron chi connectivity index (χ0n) is 8.09. The second-order valence-corrected chi connectivity index (χ2v) is 4.39. The van der Waals surface area contributed by atoms with Gasteiger partial charge in [0.2, 0.25) is 0 Å². The van der Waals surface area contributed by atoms with Crippen molar-refractivity contribution in [3.63, 3.8) is 0 Å². The van der Waals surface area contributed by atoms with E-state index in [9.17, 15) is 8.42 Å². The first kappa shape index (κ1) is 11.9. The molecule has 0 amide bonds. The van der Waals surface area contributed by atoms with Crippen LogP contribution in [0.4, 0.5) is 0 Å². The molecule has 0 radical (unpaired) electrons. The molecule has 1 rings (SSSR count). The van der Waals surface area contributed by atoms with Crippen molar-refractivity contribution < 1.29 is 17.7 Å². The lowest BCUT2D eigenvalue weighted by atomic mass is 10.2. The lowest BCUT2D eigenvalue weighted by molar-refractivity contribution is 0.205. The molecule has 0 aromatic heterocycles. The highest BCUT2D eigenvalue weighted by molar-refractivity contribution is 7.86. The van der Waals surface area contributed by atoms with Crippen LogP contribution in [0.2, 0.25) is 0 Å². The summed E-state index contributed by atoms with van der Waals surface area (Å²) in [4.78, 5) is 0.0709. The van der Waals surface area contributed by atoms with E-state index < -0.39 is 10.1 Å². The molecule has 0 aliphatic heterocycles. The standard InChI is InChI=1S/C10H12O4S/c1-2-9-3-5-10(6-4-9)15(12,13)14-8-7-11/h2-6,11H,1,7-8H2. The predicted octanol–water partition coefficient (Wildman–Crippen LogP) is 1.03. The van der Waals surface area contributed by atoms with Crippen LogP contribution in [0.1, 0.15) is 5.56 Å². The van der Waals surface area contributed by atoms with Crippen molar-refractivity contribution in [2.75, 3.05) is 13.2 Å². The number of rotatable bonds is 5. The van der Waals surface area contributed by atoms with Crippen molar-refractivity contribution in [3.05, 3.63) is 36.4 Å². The van der Waals surface area contributed by atoms with Gasteiger partial charge in [-0.25, -0.2) is 0 Å². The molecule has 1 aromatic rings. The van der Waals surface area contributed by atoms with Gasteiger partial charge in [0.05, 0.1) is 18.1 Å². The van der Waals surface area contributed by atoms with Crippen LogP contribution in [0.25, 0.3) is 6.08 Å². The Labute approximate surface area is 88.9 Å². The number of aliphatic hydroxyl groups excluding tert-OH is 1. The molecule has 0 unspecified atom stereocenters. The van der Waals surface area contributed by atoms with Crippen molar-refractivity contribution in [3.8, 4) is 0 Å². The van der Waals surface area contributed by atoms with E-state index in [-0.39, 0.29) is 18.1 Å². The Morgan fingerprint density at radius 1 is 1.33 bits per heavy atom. The van der Waals surface area contributed by atoms with Crippen LogP contribution >= 0.6 is 0 Å². The Balaban J connectivity index is 2.90. The van der Waals surface area contributed by atoms with Gasteiger partial charge in [0, 0.05) is 0 Å². The molecule has 5 heteroatoms. The minimum absolute atomic E-state index is 0.0709. The van der Waals surface area contributed by atoms with E-state index in [0.717, 1.165) is 5.56 Å². The van der Waals surface area contributed by atoms with Crippen molar-refractivity contribution in [2.24, 2.45) is 0 Å². The third-order valence-electron chi connectivity index (χ3n) is 1.73. The molecule has 0 aliphatic rings. The summed E-state index contributed by atoms with van der Waals surface area (Å²) >= 11 is 0. The summed E-state index contributed by atoms with van der Waals surface area (Å²) in [6, 6.07) is 6.12. The molecule has 0 saturated carbocycles. The summed E-state index contributed by atoms with van der Waals surface area (Å²) in [5.74, 6) is 0. The lowest BCUT2D eigenvalue weighted by Gasteiger charge is -2.03. The highest BCUT2D eigenvalue weighted by Gasteiger charge is 2.13. The fraction of sp³-hybridized carbons (Fsp3) is 0.200. The molecular weight excluding hydrogens is 216 g/mol. The molecular formula is C10H12O4S. The topological polar surface area (TPSA) is 63.6 Å². The summed E-state index contributed by atoms with van der Waals surface area (Å²) in [5.41, 5.74) is 0.830. The first-order chi connectivity index (χ1) is 7.10. The molecule has 15 heavy (non-hydrogen) atoms. The van der Waals surface area contributed by atoms with Gasteiger partial charge in [-0.3, -0.25) is 4.18 Å².